The molecule has 0 radical (unpaired) electrons. The molecule has 3 aromatic rings. The van der Waals surface area contributed by atoms with Gasteiger partial charge >= 0.3 is 0 Å². The van der Waals surface area contributed by atoms with Crippen molar-refractivity contribution < 1.29 is 13.9 Å². The maximum absolute atomic E-state index is 12.5. The van der Waals surface area contributed by atoms with Gasteiger partial charge in [0.25, 0.3) is 5.91 Å². The number of aromatic nitrogens is 3. The van der Waals surface area contributed by atoms with E-state index in [9.17, 15) is 4.79 Å². The van der Waals surface area contributed by atoms with Gasteiger partial charge in [-0.05, 0) is 24.0 Å². The highest BCUT2D eigenvalue weighted by Gasteiger charge is 2.20. The highest BCUT2D eigenvalue weighted by atomic mass is 16.6. The van der Waals surface area contributed by atoms with Gasteiger partial charge in [0.05, 0.1) is 12.2 Å². The van der Waals surface area contributed by atoms with E-state index < -0.39 is 0 Å². The fourth-order valence-corrected chi connectivity index (χ4v) is 2.60. The highest BCUT2D eigenvalue weighted by Crippen LogP contribution is 2.17. The van der Waals surface area contributed by atoms with Gasteiger partial charge in [0, 0.05) is 19.5 Å². The van der Waals surface area contributed by atoms with Crippen LogP contribution < -0.4 is 0 Å². The van der Waals surface area contributed by atoms with E-state index in [4.69, 9.17) is 4.52 Å². The molecule has 26 heavy (non-hydrogen) atoms. The van der Waals surface area contributed by atoms with Gasteiger partial charge in [0.2, 0.25) is 5.76 Å². The van der Waals surface area contributed by atoms with Crippen molar-refractivity contribution >= 4 is 5.91 Å². The Morgan fingerprint density at radius 3 is 2.50 bits per heavy atom. The van der Waals surface area contributed by atoms with E-state index in [1.54, 1.807) is 20.0 Å². The molecule has 0 spiro atoms. The van der Waals surface area contributed by atoms with Gasteiger partial charge in [-0.15, -0.1) is 0 Å². The van der Waals surface area contributed by atoms with Crippen LogP contribution in [-0.4, -0.2) is 33.3 Å². The topological polar surface area (TPSA) is 85.3 Å². The molecule has 0 bridgehead atoms. The third-order valence-corrected chi connectivity index (χ3v) is 4.28. The summed E-state index contributed by atoms with van der Waals surface area (Å²) in [5.41, 5.74) is 4.42. The summed E-state index contributed by atoms with van der Waals surface area (Å²) in [5, 5.41) is 11.5. The van der Waals surface area contributed by atoms with Crippen LogP contribution in [0, 0.1) is 6.92 Å². The normalized spacial score (nSPS) is 11.1. The van der Waals surface area contributed by atoms with E-state index in [2.05, 4.69) is 58.2 Å². The summed E-state index contributed by atoms with van der Waals surface area (Å²) >= 11 is 0. The van der Waals surface area contributed by atoms with E-state index in [1.165, 1.54) is 10.5 Å². The number of hydrogen-bond acceptors (Lipinski definition) is 6. The second-order valence-corrected chi connectivity index (χ2v) is 6.71. The maximum Gasteiger partial charge on any atom is 0.292 e. The van der Waals surface area contributed by atoms with E-state index in [0.29, 0.717) is 30.3 Å². The number of hydrogen-bond donors (Lipinski definition) is 0. The third-order valence-electron chi connectivity index (χ3n) is 4.28. The van der Waals surface area contributed by atoms with E-state index in [0.717, 1.165) is 11.3 Å². The van der Waals surface area contributed by atoms with Gasteiger partial charge in [0.1, 0.15) is 11.4 Å². The Hall–Kier alpha value is -2.96. The lowest BCUT2D eigenvalue weighted by molar-refractivity contribution is 0.0740. The number of amides is 1. The van der Waals surface area contributed by atoms with Crippen molar-refractivity contribution in [2.24, 2.45) is 0 Å². The van der Waals surface area contributed by atoms with Crippen molar-refractivity contribution in [3.8, 4) is 0 Å². The fourth-order valence-electron chi connectivity index (χ4n) is 2.60. The largest absolute Gasteiger partial charge is 0.351 e. The van der Waals surface area contributed by atoms with Crippen LogP contribution in [-0.2, 0) is 13.0 Å². The summed E-state index contributed by atoms with van der Waals surface area (Å²) in [5.74, 6) is 0.441. The minimum Gasteiger partial charge on any atom is -0.351 e. The van der Waals surface area contributed by atoms with Crippen molar-refractivity contribution in [3.05, 3.63) is 64.3 Å². The number of aryl methyl sites for hydroxylation is 1. The van der Waals surface area contributed by atoms with E-state index in [1.807, 2.05) is 0 Å². The zero-order valence-corrected chi connectivity index (χ0v) is 15.4. The monoisotopic (exact) mass is 354 g/mol. The molecule has 7 heteroatoms. The van der Waals surface area contributed by atoms with Crippen molar-refractivity contribution in [2.75, 3.05) is 7.05 Å². The molecule has 1 amide bonds. The lowest BCUT2D eigenvalue weighted by Crippen LogP contribution is -2.26. The van der Waals surface area contributed by atoms with Gasteiger partial charge in [-0.2, -0.15) is 0 Å². The molecule has 0 saturated carbocycles. The third kappa shape index (κ3) is 3.99. The molecule has 136 valence electrons. The van der Waals surface area contributed by atoms with Gasteiger partial charge in [-0.25, -0.2) is 4.63 Å². The van der Waals surface area contributed by atoms with Gasteiger partial charge in [-0.3, -0.25) is 4.79 Å². The molecule has 3 rings (SSSR count). The molecular weight excluding hydrogens is 332 g/mol. The Bertz CT molecular complexity index is 880. The molecule has 0 unspecified atom stereocenters. The summed E-state index contributed by atoms with van der Waals surface area (Å²) in [6, 6.07) is 10.1. The molecule has 0 atom stereocenters. The maximum atomic E-state index is 12.5. The smallest absolute Gasteiger partial charge is 0.292 e. The molecule has 0 fully saturated rings. The molecule has 2 aromatic heterocycles. The summed E-state index contributed by atoms with van der Waals surface area (Å²) in [7, 11) is 1.67. The highest BCUT2D eigenvalue weighted by molar-refractivity contribution is 5.91. The van der Waals surface area contributed by atoms with Crippen LogP contribution in [0.5, 0.6) is 0 Å². The molecule has 7 nitrogen and oxygen atoms in total. The summed E-state index contributed by atoms with van der Waals surface area (Å²) in [6.45, 7) is 6.40. The summed E-state index contributed by atoms with van der Waals surface area (Å²) in [4.78, 5) is 14.0. The Labute approximate surface area is 151 Å². The number of nitrogens with zero attached hydrogens (tertiary/aromatic N) is 4. The first-order valence-corrected chi connectivity index (χ1v) is 8.52. The first-order chi connectivity index (χ1) is 12.4. The van der Waals surface area contributed by atoms with Crippen LogP contribution in [0.1, 0.15) is 58.5 Å². The molecule has 0 aliphatic heterocycles. The van der Waals surface area contributed by atoms with E-state index >= 15 is 0 Å². The number of carbonyl (C=O) groups excluding carboxylic acids is 1. The molecular formula is C19H22N4O3. The second-order valence-electron chi connectivity index (χ2n) is 6.71. The van der Waals surface area contributed by atoms with Crippen LogP contribution in [0.2, 0.25) is 0 Å². The quantitative estimate of drug-likeness (QED) is 0.675. The lowest BCUT2D eigenvalue weighted by atomic mass is 10.0. The predicted molar refractivity (Wildman–Crippen MR) is 94.7 cm³/mol. The molecule has 2 heterocycles. The molecule has 0 aliphatic carbocycles. The van der Waals surface area contributed by atoms with Crippen LogP contribution in [0.25, 0.3) is 0 Å². The van der Waals surface area contributed by atoms with Crippen LogP contribution in [0.3, 0.4) is 0 Å². The van der Waals surface area contributed by atoms with Crippen LogP contribution in [0.4, 0.5) is 0 Å². The Balaban J connectivity index is 1.65. The van der Waals surface area contributed by atoms with Crippen LogP contribution in [0.15, 0.2) is 39.5 Å². The molecule has 0 saturated heterocycles. The minimum atomic E-state index is -0.263. The van der Waals surface area contributed by atoms with Crippen molar-refractivity contribution in [3.63, 3.8) is 0 Å². The predicted octanol–water partition coefficient (Wildman–Crippen LogP) is 3.35. The number of benzene rings is 1. The zero-order valence-electron chi connectivity index (χ0n) is 15.4. The Morgan fingerprint density at radius 2 is 1.88 bits per heavy atom. The molecule has 1 aromatic carbocycles. The summed E-state index contributed by atoms with van der Waals surface area (Å²) < 4.78 is 9.88. The number of rotatable bonds is 6. The van der Waals surface area contributed by atoms with Gasteiger partial charge < -0.3 is 9.42 Å². The lowest BCUT2D eigenvalue weighted by Gasteiger charge is -2.13. The van der Waals surface area contributed by atoms with Gasteiger partial charge in [-0.1, -0.05) is 53.6 Å². The second kappa shape index (κ2) is 7.51. The fraction of sp³-hybridized carbons (Fsp3) is 0.368. The van der Waals surface area contributed by atoms with Crippen molar-refractivity contribution in [1.29, 1.82) is 0 Å². The average Bonchev–Trinajstić information content (AvgIpc) is 3.24. The first-order valence-electron chi connectivity index (χ1n) is 8.52. The number of carbonyl (C=O) groups is 1. The van der Waals surface area contributed by atoms with Crippen molar-refractivity contribution in [1.82, 2.24) is 20.4 Å². The zero-order chi connectivity index (χ0) is 18.7. The van der Waals surface area contributed by atoms with Crippen LogP contribution >= 0.6 is 0 Å². The first kappa shape index (κ1) is 17.8. The standard InChI is InChI=1S/C19H22N4O3/c1-12(2)15-7-5-14(6-8-15)9-16-10-18(25-21-16)19(24)23(4)11-17-13(3)20-26-22-17/h5-8,10,12H,9,11H2,1-4H3. The van der Waals surface area contributed by atoms with Gasteiger partial charge in [0.15, 0.2) is 0 Å². The molecule has 0 aliphatic rings. The summed E-state index contributed by atoms with van der Waals surface area (Å²) in [6.07, 6.45) is 0.616. The average molecular weight is 354 g/mol. The van der Waals surface area contributed by atoms with Crippen molar-refractivity contribution in [2.45, 2.75) is 39.7 Å². The Kier molecular flexibility index (Phi) is 5.16. The SMILES string of the molecule is Cc1nonc1CN(C)C(=O)c1cc(Cc2ccc(C(C)C)cc2)no1. The minimum absolute atomic E-state index is 0.204. The molecule has 0 N–H and O–H groups in total. The van der Waals surface area contributed by atoms with E-state index in [-0.39, 0.29) is 11.7 Å². The Morgan fingerprint density at radius 1 is 1.15 bits per heavy atom.